The van der Waals surface area contributed by atoms with E-state index < -0.39 is 0 Å². The van der Waals surface area contributed by atoms with Gasteiger partial charge in [-0.3, -0.25) is 4.79 Å². The predicted octanol–water partition coefficient (Wildman–Crippen LogP) is 3.56. The van der Waals surface area contributed by atoms with Gasteiger partial charge >= 0.3 is 0 Å². The molecule has 0 spiro atoms. The molecular weight excluding hydrogens is 314 g/mol. The smallest absolute Gasteiger partial charge is 0.200 e. The van der Waals surface area contributed by atoms with E-state index in [9.17, 15) is 4.79 Å². The number of piperidine rings is 3. The highest BCUT2D eigenvalue weighted by molar-refractivity contribution is 5.89. The van der Waals surface area contributed by atoms with E-state index in [2.05, 4.69) is 4.90 Å². The van der Waals surface area contributed by atoms with Gasteiger partial charge in [0.1, 0.15) is 11.2 Å². The lowest BCUT2D eigenvalue weighted by atomic mass is 9.86. The second-order valence-corrected chi connectivity index (χ2v) is 7.25. The van der Waals surface area contributed by atoms with E-state index >= 15 is 0 Å². The van der Waals surface area contributed by atoms with Crippen molar-refractivity contribution in [1.82, 2.24) is 4.90 Å². The SMILES string of the molecule is O=c1c2ccccc2oc2ccc(CO[C@@H]3CN4CCC3CC4)cc12. The number of hydrogen-bond acceptors (Lipinski definition) is 4. The quantitative estimate of drug-likeness (QED) is 0.687. The van der Waals surface area contributed by atoms with Crippen LogP contribution >= 0.6 is 0 Å². The lowest BCUT2D eigenvalue weighted by Crippen LogP contribution is -2.51. The molecule has 0 aliphatic carbocycles. The first-order valence-corrected chi connectivity index (χ1v) is 9.06. The first-order chi connectivity index (χ1) is 12.3. The van der Waals surface area contributed by atoms with Crippen LogP contribution < -0.4 is 5.43 Å². The number of para-hydroxylation sites is 1. The molecule has 4 heterocycles. The normalized spacial score (nSPS) is 25.7. The van der Waals surface area contributed by atoms with Crippen LogP contribution in [0.2, 0.25) is 0 Å². The molecule has 3 saturated heterocycles. The van der Waals surface area contributed by atoms with Crippen molar-refractivity contribution in [1.29, 1.82) is 0 Å². The molecule has 0 saturated carbocycles. The fourth-order valence-corrected chi connectivity index (χ4v) is 4.24. The summed E-state index contributed by atoms with van der Waals surface area (Å²) in [4.78, 5) is 15.2. The second-order valence-electron chi connectivity index (χ2n) is 7.25. The standard InChI is InChI=1S/C21H21NO3/c23-21-16-3-1-2-4-18(16)25-19-6-5-14(11-17(19)21)13-24-20-12-22-9-7-15(20)8-10-22/h1-6,11,15,20H,7-10,12-13H2/t20-/m1/s1. The third-order valence-corrected chi connectivity index (χ3v) is 5.70. The summed E-state index contributed by atoms with van der Waals surface area (Å²) in [5.41, 5.74) is 2.33. The summed E-state index contributed by atoms with van der Waals surface area (Å²) in [7, 11) is 0. The van der Waals surface area contributed by atoms with Gasteiger partial charge in [-0.05, 0) is 61.7 Å². The summed E-state index contributed by atoms with van der Waals surface area (Å²) in [6.45, 7) is 4.03. The molecule has 0 radical (unpaired) electrons. The Morgan fingerprint density at radius 2 is 1.84 bits per heavy atom. The Balaban J connectivity index is 1.43. The monoisotopic (exact) mass is 335 g/mol. The lowest BCUT2D eigenvalue weighted by molar-refractivity contribution is -0.0765. The molecular formula is C21H21NO3. The molecule has 1 atom stereocenters. The Kier molecular flexibility index (Phi) is 3.61. The molecule has 3 aliphatic rings. The first kappa shape index (κ1) is 15.1. The van der Waals surface area contributed by atoms with Crippen molar-refractivity contribution in [2.24, 2.45) is 5.92 Å². The van der Waals surface area contributed by atoms with Gasteiger partial charge in [0, 0.05) is 6.54 Å². The van der Waals surface area contributed by atoms with Crippen LogP contribution in [-0.4, -0.2) is 30.6 Å². The summed E-state index contributed by atoms with van der Waals surface area (Å²) >= 11 is 0. The molecule has 3 fully saturated rings. The first-order valence-electron chi connectivity index (χ1n) is 9.06. The van der Waals surface area contributed by atoms with Crippen LogP contribution in [0.25, 0.3) is 21.9 Å². The molecule has 6 rings (SSSR count). The molecule has 0 unspecified atom stereocenters. The summed E-state index contributed by atoms with van der Waals surface area (Å²) < 4.78 is 12.1. The second kappa shape index (κ2) is 5.97. The van der Waals surface area contributed by atoms with Gasteiger partial charge in [0.05, 0.1) is 23.5 Å². The molecule has 0 amide bonds. The molecule has 2 bridgehead atoms. The molecule has 2 aromatic carbocycles. The van der Waals surface area contributed by atoms with Gasteiger partial charge in [0.2, 0.25) is 5.43 Å². The molecule has 3 aliphatic heterocycles. The summed E-state index contributed by atoms with van der Waals surface area (Å²) in [5.74, 6) is 0.694. The molecule has 128 valence electrons. The van der Waals surface area contributed by atoms with Gasteiger partial charge in [-0.25, -0.2) is 0 Å². The number of nitrogens with zero attached hydrogens (tertiary/aromatic N) is 1. The average molecular weight is 335 g/mol. The minimum Gasteiger partial charge on any atom is -0.456 e. The maximum atomic E-state index is 12.7. The fourth-order valence-electron chi connectivity index (χ4n) is 4.24. The Morgan fingerprint density at radius 3 is 2.64 bits per heavy atom. The summed E-state index contributed by atoms with van der Waals surface area (Å²) in [6, 6.07) is 13.2. The van der Waals surface area contributed by atoms with E-state index in [0.29, 0.717) is 40.6 Å². The van der Waals surface area contributed by atoms with Crippen LogP contribution in [0.3, 0.4) is 0 Å². The molecule has 25 heavy (non-hydrogen) atoms. The van der Waals surface area contributed by atoms with Crippen molar-refractivity contribution >= 4 is 21.9 Å². The number of fused-ring (bicyclic) bond motifs is 5. The van der Waals surface area contributed by atoms with E-state index in [4.69, 9.17) is 9.15 Å². The highest BCUT2D eigenvalue weighted by Gasteiger charge is 2.34. The predicted molar refractivity (Wildman–Crippen MR) is 97.7 cm³/mol. The van der Waals surface area contributed by atoms with Gasteiger partial charge in [-0.15, -0.1) is 0 Å². The maximum absolute atomic E-state index is 12.7. The van der Waals surface area contributed by atoms with Crippen molar-refractivity contribution in [2.45, 2.75) is 25.6 Å². The summed E-state index contributed by atoms with van der Waals surface area (Å²) in [6.07, 6.45) is 2.82. The van der Waals surface area contributed by atoms with Crippen LogP contribution in [0.4, 0.5) is 0 Å². The Bertz CT molecular complexity index is 985. The fraction of sp³-hybridized carbons (Fsp3) is 0.381. The van der Waals surface area contributed by atoms with Crippen molar-refractivity contribution in [3.05, 3.63) is 58.3 Å². The van der Waals surface area contributed by atoms with Crippen molar-refractivity contribution < 1.29 is 9.15 Å². The van der Waals surface area contributed by atoms with Gasteiger partial charge < -0.3 is 14.1 Å². The van der Waals surface area contributed by atoms with E-state index in [1.165, 1.54) is 25.9 Å². The summed E-state index contributed by atoms with van der Waals surface area (Å²) in [5, 5.41) is 1.26. The zero-order valence-corrected chi connectivity index (χ0v) is 14.1. The number of benzene rings is 2. The minimum absolute atomic E-state index is 0.0292. The highest BCUT2D eigenvalue weighted by atomic mass is 16.5. The van der Waals surface area contributed by atoms with Crippen LogP contribution in [0.1, 0.15) is 18.4 Å². The van der Waals surface area contributed by atoms with Gasteiger partial charge in [0.25, 0.3) is 0 Å². The van der Waals surface area contributed by atoms with Crippen LogP contribution in [0.15, 0.2) is 51.7 Å². The topological polar surface area (TPSA) is 42.7 Å². The van der Waals surface area contributed by atoms with Crippen LogP contribution in [-0.2, 0) is 11.3 Å². The molecule has 3 aromatic rings. The Morgan fingerprint density at radius 1 is 1.04 bits per heavy atom. The third kappa shape index (κ3) is 2.66. The van der Waals surface area contributed by atoms with E-state index in [-0.39, 0.29) is 5.43 Å². The third-order valence-electron chi connectivity index (χ3n) is 5.70. The van der Waals surface area contributed by atoms with E-state index in [1.54, 1.807) is 0 Å². The van der Waals surface area contributed by atoms with Gasteiger partial charge in [0.15, 0.2) is 0 Å². The zero-order chi connectivity index (χ0) is 16.8. The molecule has 0 N–H and O–H groups in total. The Labute approximate surface area is 146 Å². The van der Waals surface area contributed by atoms with Crippen LogP contribution in [0.5, 0.6) is 0 Å². The van der Waals surface area contributed by atoms with Crippen LogP contribution in [0, 0.1) is 5.92 Å². The van der Waals surface area contributed by atoms with Crippen molar-refractivity contribution in [3.8, 4) is 0 Å². The number of hydrogen-bond donors (Lipinski definition) is 0. The Hall–Kier alpha value is -2.17. The minimum atomic E-state index is 0.0292. The molecule has 1 aromatic heterocycles. The van der Waals surface area contributed by atoms with Gasteiger partial charge in [-0.1, -0.05) is 18.2 Å². The molecule has 4 heteroatoms. The highest BCUT2D eigenvalue weighted by Crippen LogP contribution is 2.30. The lowest BCUT2D eigenvalue weighted by Gasteiger charge is -2.44. The van der Waals surface area contributed by atoms with E-state index in [0.717, 1.165) is 12.1 Å². The average Bonchev–Trinajstić information content (AvgIpc) is 2.68. The maximum Gasteiger partial charge on any atom is 0.200 e. The number of ether oxygens (including phenoxy) is 1. The number of rotatable bonds is 3. The largest absolute Gasteiger partial charge is 0.456 e. The van der Waals surface area contributed by atoms with Crippen molar-refractivity contribution in [2.75, 3.05) is 19.6 Å². The zero-order valence-electron chi connectivity index (χ0n) is 14.1. The molecule has 4 nitrogen and oxygen atoms in total. The van der Waals surface area contributed by atoms with E-state index in [1.807, 2.05) is 42.5 Å². The van der Waals surface area contributed by atoms with Gasteiger partial charge in [-0.2, -0.15) is 0 Å². The van der Waals surface area contributed by atoms with Crippen molar-refractivity contribution in [3.63, 3.8) is 0 Å².